The largest absolute Gasteiger partial charge is 0.377 e. The molecule has 110 valence electrons. The number of halogens is 1. The standard InChI is InChI=1S/C15H21ClN2O2/c1-10-3-4-14(12(16)9-10)18-15(19)5-7-17-13-6-8-20-11(13)2/h3-4,9,11,13,17H,5-8H2,1-2H3,(H,18,19)/t11-,13+/m0/s1. The molecule has 0 aliphatic carbocycles. The fourth-order valence-electron chi connectivity index (χ4n) is 2.31. The Kier molecular flexibility index (Phi) is 5.40. The minimum absolute atomic E-state index is 0.0326. The molecule has 1 aliphatic heterocycles. The molecule has 2 atom stereocenters. The van der Waals surface area contributed by atoms with Gasteiger partial charge >= 0.3 is 0 Å². The Balaban J connectivity index is 1.75. The van der Waals surface area contributed by atoms with Crippen LogP contribution >= 0.6 is 11.6 Å². The molecule has 0 unspecified atom stereocenters. The van der Waals surface area contributed by atoms with E-state index in [0.717, 1.165) is 18.6 Å². The number of amides is 1. The van der Waals surface area contributed by atoms with Gasteiger partial charge in [-0.2, -0.15) is 0 Å². The topological polar surface area (TPSA) is 50.4 Å². The van der Waals surface area contributed by atoms with Crippen molar-refractivity contribution in [1.29, 1.82) is 0 Å². The molecular weight excluding hydrogens is 276 g/mol. The number of hydrogen-bond acceptors (Lipinski definition) is 3. The normalized spacial score (nSPS) is 21.9. The second kappa shape index (κ2) is 7.07. The Bertz CT molecular complexity index is 479. The molecule has 0 radical (unpaired) electrons. The van der Waals surface area contributed by atoms with Crippen molar-refractivity contribution >= 4 is 23.2 Å². The van der Waals surface area contributed by atoms with Gasteiger partial charge in [0.1, 0.15) is 0 Å². The lowest BCUT2D eigenvalue weighted by Gasteiger charge is -2.15. The minimum Gasteiger partial charge on any atom is -0.377 e. The zero-order valence-corrected chi connectivity index (χ0v) is 12.7. The van der Waals surface area contributed by atoms with Crippen LogP contribution in [0.5, 0.6) is 0 Å². The summed E-state index contributed by atoms with van der Waals surface area (Å²) in [5.41, 5.74) is 1.74. The Morgan fingerprint density at radius 2 is 2.30 bits per heavy atom. The van der Waals surface area contributed by atoms with Crippen molar-refractivity contribution in [2.45, 2.75) is 38.8 Å². The number of hydrogen-bond donors (Lipinski definition) is 2. The molecule has 1 fully saturated rings. The Morgan fingerprint density at radius 3 is 2.95 bits per heavy atom. The molecule has 0 saturated carbocycles. The highest BCUT2D eigenvalue weighted by Gasteiger charge is 2.23. The number of rotatable bonds is 5. The molecule has 0 aromatic heterocycles. The maximum absolute atomic E-state index is 11.9. The van der Waals surface area contributed by atoms with E-state index in [0.29, 0.717) is 29.7 Å². The number of aryl methyl sites for hydroxylation is 1. The highest BCUT2D eigenvalue weighted by molar-refractivity contribution is 6.33. The third-order valence-electron chi connectivity index (χ3n) is 3.53. The van der Waals surface area contributed by atoms with Crippen molar-refractivity contribution in [3.63, 3.8) is 0 Å². The summed E-state index contributed by atoms with van der Waals surface area (Å²) in [7, 11) is 0. The molecule has 2 rings (SSSR count). The van der Waals surface area contributed by atoms with Crippen molar-refractivity contribution < 1.29 is 9.53 Å². The molecule has 0 bridgehead atoms. The van der Waals surface area contributed by atoms with Gasteiger partial charge in [0.15, 0.2) is 0 Å². The molecule has 1 aromatic rings. The molecule has 1 saturated heterocycles. The summed E-state index contributed by atoms with van der Waals surface area (Å²) in [6.45, 7) is 5.46. The smallest absolute Gasteiger partial charge is 0.225 e. The molecule has 20 heavy (non-hydrogen) atoms. The quantitative estimate of drug-likeness (QED) is 0.878. The van der Waals surface area contributed by atoms with Gasteiger partial charge in [-0.25, -0.2) is 0 Å². The minimum atomic E-state index is -0.0326. The van der Waals surface area contributed by atoms with E-state index >= 15 is 0 Å². The van der Waals surface area contributed by atoms with E-state index in [1.807, 2.05) is 25.1 Å². The molecule has 2 N–H and O–H groups in total. The van der Waals surface area contributed by atoms with Crippen LogP contribution in [0.1, 0.15) is 25.3 Å². The first kappa shape index (κ1) is 15.3. The van der Waals surface area contributed by atoms with Crippen LogP contribution in [-0.2, 0) is 9.53 Å². The predicted molar refractivity (Wildman–Crippen MR) is 81.3 cm³/mol. The van der Waals surface area contributed by atoms with E-state index in [2.05, 4.69) is 17.6 Å². The molecule has 1 aromatic carbocycles. The highest BCUT2D eigenvalue weighted by Crippen LogP contribution is 2.22. The highest BCUT2D eigenvalue weighted by atomic mass is 35.5. The third kappa shape index (κ3) is 4.20. The zero-order valence-electron chi connectivity index (χ0n) is 11.9. The van der Waals surface area contributed by atoms with Crippen LogP contribution in [0.3, 0.4) is 0 Å². The maximum Gasteiger partial charge on any atom is 0.225 e. The van der Waals surface area contributed by atoms with Gasteiger partial charge in [0.25, 0.3) is 0 Å². The molecule has 1 amide bonds. The van der Waals surface area contributed by atoms with Gasteiger partial charge in [0.05, 0.1) is 16.8 Å². The fraction of sp³-hybridized carbons (Fsp3) is 0.533. The number of benzene rings is 1. The summed E-state index contributed by atoms with van der Waals surface area (Å²) < 4.78 is 5.47. The molecule has 0 spiro atoms. The van der Waals surface area contributed by atoms with Crippen molar-refractivity contribution in [2.75, 3.05) is 18.5 Å². The van der Waals surface area contributed by atoms with Gasteiger partial charge in [0, 0.05) is 25.6 Å². The lowest BCUT2D eigenvalue weighted by atomic mass is 10.1. The molecule has 1 heterocycles. The van der Waals surface area contributed by atoms with Crippen LogP contribution in [0.2, 0.25) is 5.02 Å². The average Bonchev–Trinajstić information content (AvgIpc) is 2.79. The Morgan fingerprint density at radius 1 is 1.50 bits per heavy atom. The van der Waals surface area contributed by atoms with E-state index in [4.69, 9.17) is 16.3 Å². The van der Waals surface area contributed by atoms with Crippen molar-refractivity contribution in [1.82, 2.24) is 5.32 Å². The number of anilines is 1. The van der Waals surface area contributed by atoms with Gasteiger partial charge in [-0.05, 0) is 38.0 Å². The Labute approximate surface area is 124 Å². The van der Waals surface area contributed by atoms with Crippen molar-refractivity contribution in [3.8, 4) is 0 Å². The summed E-state index contributed by atoms with van der Waals surface area (Å²) >= 11 is 6.08. The number of ether oxygens (including phenoxy) is 1. The van der Waals surface area contributed by atoms with E-state index in [-0.39, 0.29) is 12.0 Å². The van der Waals surface area contributed by atoms with E-state index in [1.165, 1.54) is 0 Å². The lowest BCUT2D eigenvalue weighted by Crippen LogP contribution is -2.36. The first-order valence-electron chi connectivity index (χ1n) is 6.97. The van der Waals surface area contributed by atoms with Crippen LogP contribution in [0, 0.1) is 6.92 Å². The van der Waals surface area contributed by atoms with Gasteiger partial charge in [-0.3, -0.25) is 4.79 Å². The first-order valence-corrected chi connectivity index (χ1v) is 7.35. The summed E-state index contributed by atoms with van der Waals surface area (Å²) in [6.07, 6.45) is 1.66. The van der Waals surface area contributed by atoms with Crippen molar-refractivity contribution in [3.05, 3.63) is 28.8 Å². The summed E-state index contributed by atoms with van der Waals surface area (Å²) in [5.74, 6) is -0.0326. The van der Waals surface area contributed by atoms with Gasteiger partial charge in [0.2, 0.25) is 5.91 Å². The van der Waals surface area contributed by atoms with Crippen LogP contribution in [-0.4, -0.2) is 31.2 Å². The van der Waals surface area contributed by atoms with E-state index in [1.54, 1.807) is 0 Å². The second-order valence-corrected chi connectivity index (χ2v) is 5.61. The van der Waals surface area contributed by atoms with Gasteiger partial charge in [-0.15, -0.1) is 0 Å². The number of carbonyl (C=O) groups is 1. The second-order valence-electron chi connectivity index (χ2n) is 5.21. The molecule has 1 aliphatic rings. The van der Waals surface area contributed by atoms with E-state index in [9.17, 15) is 4.79 Å². The summed E-state index contributed by atoms with van der Waals surface area (Å²) in [4.78, 5) is 11.9. The van der Waals surface area contributed by atoms with Crippen LogP contribution in [0.4, 0.5) is 5.69 Å². The number of nitrogens with one attached hydrogen (secondary N) is 2. The maximum atomic E-state index is 11.9. The fourth-order valence-corrected chi connectivity index (χ4v) is 2.59. The van der Waals surface area contributed by atoms with E-state index < -0.39 is 0 Å². The van der Waals surface area contributed by atoms with Crippen LogP contribution < -0.4 is 10.6 Å². The van der Waals surface area contributed by atoms with Crippen LogP contribution in [0.15, 0.2) is 18.2 Å². The first-order chi connectivity index (χ1) is 9.56. The molecule has 5 heteroatoms. The average molecular weight is 297 g/mol. The SMILES string of the molecule is Cc1ccc(NC(=O)CCN[C@@H]2CCO[C@H]2C)c(Cl)c1. The monoisotopic (exact) mass is 296 g/mol. The molecule has 4 nitrogen and oxygen atoms in total. The van der Waals surface area contributed by atoms with Gasteiger partial charge in [-0.1, -0.05) is 17.7 Å². The zero-order chi connectivity index (χ0) is 14.5. The predicted octanol–water partition coefficient (Wildman–Crippen LogP) is 2.74. The summed E-state index contributed by atoms with van der Waals surface area (Å²) in [5, 5.41) is 6.76. The third-order valence-corrected chi connectivity index (χ3v) is 3.85. The van der Waals surface area contributed by atoms with Crippen molar-refractivity contribution in [2.24, 2.45) is 0 Å². The van der Waals surface area contributed by atoms with Crippen LogP contribution in [0.25, 0.3) is 0 Å². The van der Waals surface area contributed by atoms with Gasteiger partial charge < -0.3 is 15.4 Å². The Hall–Kier alpha value is -1.10. The summed E-state index contributed by atoms with van der Waals surface area (Å²) in [6, 6.07) is 5.95. The molecular formula is C15H21ClN2O2. The number of carbonyl (C=O) groups excluding carboxylic acids is 1. The lowest BCUT2D eigenvalue weighted by molar-refractivity contribution is -0.116.